The fraction of sp³-hybridized carbons (Fsp3) is 0.0667. The van der Waals surface area contributed by atoms with Crippen molar-refractivity contribution in [2.75, 3.05) is 0 Å². The van der Waals surface area contributed by atoms with Crippen molar-refractivity contribution < 1.29 is 8.78 Å². The van der Waals surface area contributed by atoms with Crippen LogP contribution >= 0.6 is 11.6 Å². The lowest BCUT2D eigenvalue weighted by molar-refractivity contribution is 0.590. The summed E-state index contributed by atoms with van der Waals surface area (Å²) in [5.41, 5.74) is 1.72. The van der Waals surface area contributed by atoms with Crippen LogP contribution in [0, 0.1) is 23.0 Å². The molecule has 0 amide bonds. The Kier molecular flexibility index (Phi) is 3.32. The standard InChI is InChI=1S/C15H8ClF2N3/c16-15-20-14-12(18)5-11(17)6-13(14)21(15)8-10-3-1-9(7-19)2-4-10/h1-6H,8H2. The Balaban J connectivity index is 2.07. The van der Waals surface area contributed by atoms with E-state index in [0.29, 0.717) is 17.6 Å². The highest BCUT2D eigenvalue weighted by Crippen LogP contribution is 2.24. The number of nitrogens with zero attached hydrogens (tertiary/aromatic N) is 3. The maximum atomic E-state index is 13.7. The van der Waals surface area contributed by atoms with Gasteiger partial charge < -0.3 is 4.57 Å². The Bertz CT molecular complexity index is 863. The van der Waals surface area contributed by atoms with Gasteiger partial charge in [0.1, 0.15) is 11.3 Å². The van der Waals surface area contributed by atoms with Crippen LogP contribution in [0.25, 0.3) is 11.0 Å². The fourth-order valence-corrected chi connectivity index (χ4v) is 2.37. The van der Waals surface area contributed by atoms with Crippen molar-refractivity contribution in [1.82, 2.24) is 9.55 Å². The molecular weight excluding hydrogens is 296 g/mol. The smallest absolute Gasteiger partial charge is 0.204 e. The summed E-state index contributed by atoms with van der Waals surface area (Å²) in [6.45, 7) is 0.309. The van der Waals surface area contributed by atoms with E-state index in [0.717, 1.165) is 11.6 Å². The van der Waals surface area contributed by atoms with Gasteiger partial charge in [0.2, 0.25) is 5.28 Å². The number of halogens is 3. The Morgan fingerprint density at radius 1 is 1.19 bits per heavy atom. The zero-order valence-electron chi connectivity index (χ0n) is 10.6. The van der Waals surface area contributed by atoms with Gasteiger partial charge in [0.15, 0.2) is 5.82 Å². The summed E-state index contributed by atoms with van der Waals surface area (Å²) in [5.74, 6) is -1.43. The van der Waals surface area contributed by atoms with E-state index in [9.17, 15) is 8.78 Å². The molecule has 0 spiro atoms. The lowest BCUT2D eigenvalue weighted by atomic mass is 10.1. The number of hydrogen-bond donors (Lipinski definition) is 0. The number of benzene rings is 2. The molecule has 0 atom stereocenters. The largest absolute Gasteiger partial charge is 0.310 e. The molecular formula is C15H8ClF2N3. The molecule has 0 radical (unpaired) electrons. The average molecular weight is 304 g/mol. The molecule has 0 saturated carbocycles. The minimum Gasteiger partial charge on any atom is -0.310 e. The van der Waals surface area contributed by atoms with Crippen LogP contribution in [0.2, 0.25) is 5.28 Å². The molecule has 0 N–H and O–H groups in total. The molecule has 104 valence electrons. The molecule has 0 aliphatic carbocycles. The zero-order chi connectivity index (χ0) is 15.0. The van der Waals surface area contributed by atoms with Crippen molar-refractivity contribution in [2.24, 2.45) is 0 Å². The summed E-state index contributed by atoms with van der Waals surface area (Å²) >= 11 is 6.01. The summed E-state index contributed by atoms with van der Waals surface area (Å²) < 4.78 is 28.5. The van der Waals surface area contributed by atoms with Gasteiger partial charge in [0.05, 0.1) is 23.7 Å². The van der Waals surface area contributed by atoms with E-state index in [2.05, 4.69) is 4.98 Å². The first-order valence-corrected chi connectivity index (χ1v) is 6.46. The predicted molar refractivity (Wildman–Crippen MR) is 74.9 cm³/mol. The first-order chi connectivity index (χ1) is 10.1. The van der Waals surface area contributed by atoms with Gasteiger partial charge >= 0.3 is 0 Å². The van der Waals surface area contributed by atoms with E-state index in [1.54, 1.807) is 24.3 Å². The predicted octanol–water partition coefficient (Wildman–Crippen LogP) is 3.89. The minimum absolute atomic E-state index is 0.0371. The van der Waals surface area contributed by atoms with Crippen molar-refractivity contribution in [3.63, 3.8) is 0 Å². The van der Waals surface area contributed by atoms with Crippen molar-refractivity contribution in [1.29, 1.82) is 5.26 Å². The van der Waals surface area contributed by atoms with E-state index < -0.39 is 11.6 Å². The van der Waals surface area contributed by atoms with Crippen LogP contribution in [0.5, 0.6) is 0 Å². The SMILES string of the molecule is N#Cc1ccc(Cn2c(Cl)nc3c(F)cc(F)cc32)cc1. The fourth-order valence-electron chi connectivity index (χ4n) is 2.14. The summed E-state index contributed by atoms with van der Waals surface area (Å²) in [7, 11) is 0. The second-order valence-electron chi connectivity index (χ2n) is 4.53. The number of aromatic nitrogens is 2. The lowest BCUT2D eigenvalue weighted by Gasteiger charge is -2.06. The molecule has 3 rings (SSSR count). The second kappa shape index (κ2) is 5.15. The summed E-state index contributed by atoms with van der Waals surface area (Å²) in [6.07, 6.45) is 0. The topological polar surface area (TPSA) is 41.6 Å². The molecule has 1 aromatic heterocycles. The van der Waals surface area contributed by atoms with Crippen LogP contribution in [-0.2, 0) is 6.54 Å². The molecule has 0 aliphatic heterocycles. The van der Waals surface area contributed by atoms with Gasteiger partial charge in [-0.25, -0.2) is 13.8 Å². The van der Waals surface area contributed by atoms with E-state index in [1.165, 1.54) is 10.6 Å². The quantitative estimate of drug-likeness (QED) is 0.721. The normalized spacial score (nSPS) is 10.8. The third-order valence-corrected chi connectivity index (χ3v) is 3.44. The molecule has 0 aliphatic rings. The van der Waals surface area contributed by atoms with Crippen molar-refractivity contribution in [3.8, 4) is 6.07 Å². The second-order valence-corrected chi connectivity index (χ2v) is 4.87. The maximum Gasteiger partial charge on any atom is 0.204 e. The molecule has 21 heavy (non-hydrogen) atoms. The molecule has 3 nitrogen and oxygen atoms in total. The highest BCUT2D eigenvalue weighted by Gasteiger charge is 2.14. The van der Waals surface area contributed by atoms with E-state index >= 15 is 0 Å². The van der Waals surface area contributed by atoms with Crippen LogP contribution in [0.1, 0.15) is 11.1 Å². The first-order valence-electron chi connectivity index (χ1n) is 6.08. The van der Waals surface area contributed by atoms with Gasteiger partial charge in [-0.3, -0.25) is 0 Å². The number of hydrogen-bond acceptors (Lipinski definition) is 2. The van der Waals surface area contributed by atoms with Crippen molar-refractivity contribution in [3.05, 3.63) is 64.4 Å². The minimum atomic E-state index is -0.745. The number of nitriles is 1. The van der Waals surface area contributed by atoms with E-state index in [1.807, 2.05) is 6.07 Å². The molecule has 1 heterocycles. The lowest BCUT2D eigenvalue weighted by Crippen LogP contribution is -2.00. The maximum absolute atomic E-state index is 13.7. The number of rotatable bonds is 2. The van der Waals surface area contributed by atoms with Crippen LogP contribution in [0.15, 0.2) is 36.4 Å². The number of fused-ring (bicyclic) bond motifs is 1. The molecule has 2 aromatic carbocycles. The monoisotopic (exact) mass is 303 g/mol. The third kappa shape index (κ3) is 2.46. The van der Waals surface area contributed by atoms with Gasteiger partial charge in [-0.1, -0.05) is 12.1 Å². The Hall–Kier alpha value is -2.45. The summed E-state index contributed by atoms with van der Waals surface area (Å²) in [5, 5.41) is 8.84. The van der Waals surface area contributed by atoms with Gasteiger partial charge in [-0.05, 0) is 29.3 Å². The van der Waals surface area contributed by atoms with Crippen LogP contribution < -0.4 is 0 Å². The van der Waals surface area contributed by atoms with Crippen molar-refractivity contribution >= 4 is 22.6 Å². The molecule has 3 aromatic rings. The van der Waals surface area contributed by atoms with E-state index in [-0.39, 0.29) is 10.8 Å². The van der Waals surface area contributed by atoms with Crippen LogP contribution in [-0.4, -0.2) is 9.55 Å². The van der Waals surface area contributed by atoms with E-state index in [4.69, 9.17) is 16.9 Å². The molecule has 0 fully saturated rings. The number of imidazole rings is 1. The Labute approximate surface area is 124 Å². The Morgan fingerprint density at radius 3 is 2.57 bits per heavy atom. The molecule has 0 unspecified atom stereocenters. The highest BCUT2D eigenvalue weighted by atomic mass is 35.5. The first kappa shape index (κ1) is 13.5. The highest BCUT2D eigenvalue weighted by molar-refractivity contribution is 6.29. The Morgan fingerprint density at radius 2 is 1.90 bits per heavy atom. The van der Waals surface area contributed by atoms with Crippen LogP contribution in [0.3, 0.4) is 0 Å². The summed E-state index contributed by atoms with van der Waals surface area (Å²) in [6, 6.07) is 10.9. The van der Waals surface area contributed by atoms with Gasteiger partial charge in [-0.15, -0.1) is 0 Å². The summed E-state index contributed by atoms with van der Waals surface area (Å²) in [4.78, 5) is 3.92. The van der Waals surface area contributed by atoms with Gasteiger partial charge in [0.25, 0.3) is 0 Å². The molecule has 0 saturated heterocycles. The molecule has 6 heteroatoms. The van der Waals surface area contributed by atoms with Gasteiger partial charge in [-0.2, -0.15) is 5.26 Å². The van der Waals surface area contributed by atoms with Crippen LogP contribution in [0.4, 0.5) is 8.78 Å². The zero-order valence-corrected chi connectivity index (χ0v) is 11.4. The third-order valence-electron chi connectivity index (χ3n) is 3.15. The van der Waals surface area contributed by atoms with Crippen molar-refractivity contribution in [2.45, 2.75) is 6.54 Å². The average Bonchev–Trinajstić information content (AvgIpc) is 2.77. The molecule has 0 bridgehead atoms. The van der Waals surface area contributed by atoms with Gasteiger partial charge in [0, 0.05) is 12.1 Å².